The number of benzene rings is 2. The van der Waals surface area contributed by atoms with Crippen molar-refractivity contribution in [2.75, 3.05) is 12.4 Å². The molecule has 158 valence electrons. The van der Waals surface area contributed by atoms with Crippen LogP contribution in [0, 0.1) is 6.92 Å². The standard InChI is InChI=1S/C21H28N2O5S/c1-13(2)23-29(25,26)20-12-16(7-10-19(20)27-6)21(24)22-18-9-8-17(11-15(18)5)28-14(3)4/h7-14,23H,1-6H3,(H,22,24). The van der Waals surface area contributed by atoms with Crippen molar-refractivity contribution >= 4 is 21.6 Å². The summed E-state index contributed by atoms with van der Waals surface area (Å²) in [7, 11) is -2.45. The summed E-state index contributed by atoms with van der Waals surface area (Å²) in [6.45, 7) is 9.17. The number of rotatable bonds is 8. The minimum atomic E-state index is -3.83. The molecule has 2 rings (SSSR count). The van der Waals surface area contributed by atoms with Crippen LogP contribution in [0.5, 0.6) is 11.5 Å². The molecule has 0 unspecified atom stereocenters. The number of methoxy groups -OCH3 is 1. The number of nitrogens with one attached hydrogen (secondary N) is 2. The van der Waals surface area contributed by atoms with E-state index in [1.807, 2.05) is 26.8 Å². The number of hydrogen-bond donors (Lipinski definition) is 2. The van der Waals surface area contributed by atoms with Crippen LogP contribution in [0.3, 0.4) is 0 Å². The normalized spacial score (nSPS) is 11.6. The van der Waals surface area contributed by atoms with Gasteiger partial charge >= 0.3 is 0 Å². The van der Waals surface area contributed by atoms with E-state index in [1.54, 1.807) is 26.0 Å². The Hall–Kier alpha value is -2.58. The van der Waals surface area contributed by atoms with Gasteiger partial charge in [-0.3, -0.25) is 4.79 Å². The lowest BCUT2D eigenvalue weighted by Crippen LogP contribution is -2.30. The molecule has 0 spiro atoms. The zero-order chi connectivity index (χ0) is 21.8. The van der Waals surface area contributed by atoms with E-state index in [1.165, 1.54) is 25.3 Å². The van der Waals surface area contributed by atoms with Gasteiger partial charge in [0.25, 0.3) is 5.91 Å². The summed E-state index contributed by atoms with van der Waals surface area (Å²) in [5.41, 5.74) is 1.66. The molecule has 7 nitrogen and oxygen atoms in total. The number of aryl methyl sites for hydroxylation is 1. The number of carbonyl (C=O) groups excluding carboxylic acids is 1. The molecule has 0 aliphatic rings. The van der Waals surface area contributed by atoms with E-state index in [0.29, 0.717) is 11.4 Å². The van der Waals surface area contributed by atoms with Crippen molar-refractivity contribution in [3.8, 4) is 11.5 Å². The van der Waals surface area contributed by atoms with Crippen LogP contribution in [0.1, 0.15) is 43.6 Å². The van der Waals surface area contributed by atoms with Gasteiger partial charge in [0.05, 0.1) is 13.2 Å². The van der Waals surface area contributed by atoms with Crippen molar-refractivity contribution in [2.45, 2.75) is 51.7 Å². The fraction of sp³-hybridized carbons (Fsp3) is 0.381. The quantitative estimate of drug-likeness (QED) is 0.679. The van der Waals surface area contributed by atoms with Gasteiger partial charge in [0.1, 0.15) is 16.4 Å². The van der Waals surface area contributed by atoms with E-state index in [2.05, 4.69) is 10.0 Å². The average molecular weight is 421 g/mol. The first kappa shape index (κ1) is 22.7. The number of hydrogen-bond acceptors (Lipinski definition) is 5. The van der Waals surface area contributed by atoms with Crippen LogP contribution >= 0.6 is 0 Å². The monoisotopic (exact) mass is 420 g/mol. The lowest BCUT2D eigenvalue weighted by atomic mass is 10.1. The van der Waals surface area contributed by atoms with Crippen LogP contribution in [0.15, 0.2) is 41.3 Å². The second kappa shape index (κ2) is 9.28. The molecule has 0 saturated carbocycles. The minimum absolute atomic E-state index is 0.0500. The Bertz CT molecular complexity index is 985. The third-order valence-electron chi connectivity index (χ3n) is 3.92. The minimum Gasteiger partial charge on any atom is -0.495 e. The van der Waals surface area contributed by atoms with Crippen molar-refractivity contribution in [1.82, 2.24) is 4.72 Å². The zero-order valence-electron chi connectivity index (χ0n) is 17.6. The molecule has 0 bridgehead atoms. The number of carbonyl (C=O) groups is 1. The average Bonchev–Trinajstić information content (AvgIpc) is 2.61. The van der Waals surface area contributed by atoms with Gasteiger partial charge in [0, 0.05) is 17.3 Å². The molecule has 1 amide bonds. The predicted molar refractivity (Wildman–Crippen MR) is 113 cm³/mol. The smallest absolute Gasteiger partial charge is 0.255 e. The Morgan fingerprint density at radius 2 is 1.72 bits per heavy atom. The van der Waals surface area contributed by atoms with Crippen LogP contribution in [0.2, 0.25) is 0 Å². The molecule has 0 saturated heterocycles. The third kappa shape index (κ3) is 5.95. The van der Waals surface area contributed by atoms with Crippen molar-refractivity contribution in [3.63, 3.8) is 0 Å². The molecule has 0 atom stereocenters. The summed E-state index contributed by atoms with van der Waals surface area (Å²) < 4.78 is 38.5. The number of ether oxygens (including phenoxy) is 2. The predicted octanol–water partition coefficient (Wildman–Crippen LogP) is 3.73. The van der Waals surface area contributed by atoms with Gasteiger partial charge in [-0.15, -0.1) is 0 Å². The molecule has 0 fully saturated rings. The molecule has 0 aliphatic carbocycles. The van der Waals surface area contributed by atoms with Crippen molar-refractivity contribution in [2.24, 2.45) is 0 Å². The fourth-order valence-electron chi connectivity index (χ4n) is 2.72. The number of sulfonamides is 1. The Morgan fingerprint density at radius 1 is 1.03 bits per heavy atom. The highest BCUT2D eigenvalue weighted by atomic mass is 32.2. The van der Waals surface area contributed by atoms with Gasteiger partial charge in [-0.2, -0.15) is 0 Å². The van der Waals surface area contributed by atoms with Crippen LogP contribution in [0.25, 0.3) is 0 Å². The van der Waals surface area contributed by atoms with E-state index in [0.717, 1.165) is 5.56 Å². The summed E-state index contributed by atoms with van der Waals surface area (Å²) in [5.74, 6) is 0.462. The van der Waals surface area contributed by atoms with Crippen LogP contribution < -0.4 is 19.5 Å². The highest BCUT2D eigenvalue weighted by Crippen LogP contribution is 2.27. The van der Waals surface area contributed by atoms with Crippen LogP contribution in [0.4, 0.5) is 5.69 Å². The van der Waals surface area contributed by atoms with Crippen molar-refractivity contribution in [3.05, 3.63) is 47.5 Å². The maximum Gasteiger partial charge on any atom is 0.255 e. The molecule has 2 N–H and O–H groups in total. The Kier molecular flexibility index (Phi) is 7.26. The second-order valence-corrected chi connectivity index (χ2v) is 8.92. The van der Waals surface area contributed by atoms with Gasteiger partial charge in [-0.1, -0.05) is 0 Å². The van der Waals surface area contributed by atoms with Gasteiger partial charge in [-0.25, -0.2) is 13.1 Å². The Labute approximate surface area is 172 Å². The summed E-state index contributed by atoms with van der Waals surface area (Å²) in [6.07, 6.45) is 0.0500. The summed E-state index contributed by atoms with van der Waals surface area (Å²) in [5, 5.41) is 2.81. The molecule has 2 aromatic rings. The van der Waals surface area contributed by atoms with Crippen LogP contribution in [-0.4, -0.2) is 33.6 Å². The molecule has 0 radical (unpaired) electrons. The maximum atomic E-state index is 12.7. The summed E-state index contributed by atoms with van der Waals surface area (Å²) in [4.78, 5) is 12.6. The highest BCUT2D eigenvalue weighted by molar-refractivity contribution is 7.89. The van der Waals surface area contributed by atoms with Crippen molar-refractivity contribution in [1.29, 1.82) is 0 Å². The molecule has 0 aliphatic heterocycles. The van der Waals surface area contributed by atoms with Crippen molar-refractivity contribution < 1.29 is 22.7 Å². The first-order chi connectivity index (χ1) is 13.5. The maximum absolute atomic E-state index is 12.7. The largest absolute Gasteiger partial charge is 0.495 e. The first-order valence-corrected chi connectivity index (χ1v) is 10.8. The molecule has 29 heavy (non-hydrogen) atoms. The van der Waals surface area contributed by atoms with E-state index in [4.69, 9.17) is 9.47 Å². The van der Waals surface area contributed by atoms with Gasteiger partial charge < -0.3 is 14.8 Å². The van der Waals surface area contributed by atoms with E-state index < -0.39 is 15.9 Å². The van der Waals surface area contributed by atoms with E-state index >= 15 is 0 Å². The summed E-state index contributed by atoms with van der Waals surface area (Å²) in [6, 6.07) is 9.38. The molecule has 0 aromatic heterocycles. The summed E-state index contributed by atoms with van der Waals surface area (Å²) >= 11 is 0. The first-order valence-electron chi connectivity index (χ1n) is 9.32. The second-order valence-electron chi connectivity index (χ2n) is 7.24. The third-order valence-corrected chi connectivity index (χ3v) is 5.60. The zero-order valence-corrected chi connectivity index (χ0v) is 18.4. The highest BCUT2D eigenvalue weighted by Gasteiger charge is 2.22. The number of anilines is 1. The lowest BCUT2D eigenvalue weighted by Gasteiger charge is -2.15. The number of amides is 1. The SMILES string of the molecule is COc1ccc(C(=O)Nc2ccc(OC(C)C)cc2C)cc1S(=O)(=O)NC(C)C. The molecule has 8 heteroatoms. The molecular formula is C21H28N2O5S. The Morgan fingerprint density at radius 3 is 2.28 bits per heavy atom. The topological polar surface area (TPSA) is 93.7 Å². The van der Waals surface area contributed by atoms with Gasteiger partial charge in [-0.05, 0) is 76.6 Å². The lowest BCUT2D eigenvalue weighted by molar-refractivity contribution is 0.102. The van der Waals surface area contributed by atoms with Crippen LogP contribution in [-0.2, 0) is 10.0 Å². The fourth-order valence-corrected chi connectivity index (χ4v) is 4.16. The van der Waals surface area contributed by atoms with E-state index in [9.17, 15) is 13.2 Å². The van der Waals surface area contributed by atoms with Gasteiger partial charge in [0.15, 0.2) is 0 Å². The Balaban J connectivity index is 2.31. The van der Waals surface area contributed by atoms with E-state index in [-0.39, 0.29) is 28.4 Å². The molecule has 0 heterocycles. The molecular weight excluding hydrogens is 392 g/mol. The molecule has 2 aromatic carbocycles. The van der Waals surface area contributed by atoms with Gasteiger partial charge in [0.2, 0.25) is 10.0 Å².